The van der Waals surface area contributed by atoms with Crippen LogP contribution in [0.25, 0.3) is 0 Å². The molecule has 0 aliphatic heterocycles. The van der Waals surface area contributed by atoms with E-state index in [2.05, 4.69) is 0 Å². The second-order valence-electron chi connectivity index (χ2n) is 5.27. The fourth-order valence-electron chi connectivity index (χ4n) is 2.27. The van der Waals surface area contributed by atoms with Gasteiger partial charge in [0.1, 0.15) is 11.8 Å². The van der Waals surface area contributed by atoms with Crippen LogP contribution in [0.1, 0.15) is 6.92 Å². The van der Waals surface area contributed by atoms with Crippen LogP contribution in [0.2, 0.25) is 0 Å². The van der Waals surface area contributed by atoms with Crippen LogP contribution in [-0.4, -0.2) is 37.6 Å². The Morgan fingerprint density at radius 2 is 1.85 bits per heavy atom. The zero-order valence-corrected chi connectivity index (χ0v) is 14.7. The predicted octanol–water partition coefficient (Wildman–Crippen LogP) is 2.27. The van der Waals surface area contributed by atoms with Crippen molar-refractivity contribution in [3.8, 4) is 5.75 Å². The lowest BCUT2D eigenvalue weighted by Gasteiger charge is -2.28. The second-order valence-corrected chi connectivity index (χ2v) is 7.08. The zero-order valence-electron chi connectivity index (χ0n) is 13.9. The molecule has 0 amide bonds. The molecule has 26 heavy (non-hydrogen) atoms. The maximum atomic E-state index is 13.0. The van der Waals surface area contributed by atoms with E-state index in [0.717, 1.165) is 12.1 Å². The average molecular weight is 380 g/mol. The van der Waals surface area contributed by atoms with Gasteiger partial charge in [-0.1, -0.05) is 6.07 Å². The van der Waals surface area contributed by atoms with Crippen LogP contribution in [0.5, 0.6) is 5.75 Å². The molecule has 9 nitrogen and oxygen atoms in total. The molecule has 1 unspecified atom stereocenters. The molecule has 2 rings (SSSR count). The third kappa shape index (κ3) is 3.75. The van der Waals surface area contributed by atoms with Crippen LogP contribution in [0.15, 0.2) is 53.4 Å². The Hall–Kier alpha value is -3.14. The Labute approximate surface area is 149 Å². The molecular formula is C16H16N2O7S. The minimum absolute atomic E-state index is 0.0900. The Balaban J connectivity index is 2.61. The lowest BCUT2D eigenvalue weighted by molar-refractivity contribution is -0.385. The van der Waals surface area contributed by atoms with Crippen LogP contribution in [0, 0.1) is 10.1 Å². The molecule has 0 aliphatic rings. The van der Waals surface area contributed by atoms with Crippen molar-refractivity contribution < 1.29 is 28.0 Å². The molecule has 2 aromatic rings. The normalized spacial score (nSPS) is 12.2. The van der Waals surface area contributed by atoms with Crippen LogP contribution >= 0.6 is 0 Å². The summed E-state index contributed by atoms with van der Waals surface area (Å²) in [6.07, 6.45) is 0. The maximum Gasteiger partial charge on any atom is 0.327 e. The van der Waals surface area contributed by atoms with Gasteiger partial charge in [0.05, 0.1) is 22.6 Å². The largest absolute Gasteiger partial charge is 0.497 e. The lowest BCUT2D eigenvalue weighted by Crippen LogP contribution is -2.43. The molecule has 10 heteroatoms. The minimum Gasteiger partial charge on any atom is -0.497 e. The van der Waals surface area contributed by atoms with E-state index in [1.165, 1.54) is 50.4 Å². The van der Waals surface area contributed by atoms with Gasteiger partial charge in [0.2, 0.25) is 0 Å². The summed E-state index contributed by atoms with van der Waals surface area (Å²) in [5.41, 5.74) is -0.323. The minimum atomic E-state index is -4.37. The highest BCUT2D eigenvalue weighted by atomic mass is 32.2. The Kier molecular flexibility index (Phi) is 5.46. The maximum absolute atomic E-state index is 13.0. The number of nitro benzene ring substituents is 1. The summed E-state index contributed by atoms with van der Waals surface area (Å²) < 4.78 is 31.7. The number of nitro groups is 1. The average Bonchev–Trinajstić information content (AvgIpc) is 2.62. The van der Waals surface area contributed by atoms with Crippen molar-refractivity contribution >= 4 is 27.4 Å². The fourth-order valence-corrected chi connectivity index (χ4v) is 3.92. The van der Waals surface area contributed by atoms with Crippen molar-refractivity contribution in [3.05, 3.63) is 58.6 Å². The van der Waals surface area contributed by atoms with Gasteiger partial charge in [0.25, 0.3) is 15.7 Å². The Morgan fingerprint density at radius 1 is 1.23 bits per heavy atom. The van der Waals surface area contributed by atoms with Gasteiger partial charge < -0.3 is 9.84 Å². The highest BCUT2D eigenvalue weighted by Gasteiger charge is 2.34. The van der Waals surface area contributed by atoms with E-state index in [0.29, 0.717) is 10.1 Å². The van der Waals surface area contributed by atoms with Crippen molar-refractivity contribution in [3.63, 3.8) is 0 Å². The Bertz CT molecular complexity index is 926. The number of ether oxygens (including phenoxy) is 1. The molecule has 0 aliphatic carbocycles. The van der Waals surface area contributed by atoms with Crippen molar-refractivity contribution in [1.82, 2.24) is 0 Å². The number of hydrogen-bond acceptors (Lipinski definition) is 6. The van der Waals surface area contributed by atoms with E-state index >= 15 is 0 Å². The lowest BCUT2D eigenvalue weighted by atomic mass is 10.2. The topological polar surface area (TPSA) is 127 Å². The molecular weight excluding hydrogens is 364 g/mol. The summed E-state index contributed by atoms with van der Waals surface area (Å²) in [4.78, 5) is 21.3. The number of methoxy groups -OCH3 is 1. The molecule has 0 spiro atoms. The number of benzene rings is 2. The fraction of sp³-hybridized carbons (Fsp3) is 0.188. The van der Waals surface area contributed by atoms with E-state index < -0.39 is 32.6 Å². The standard InChI is InChI=1S/C16H16N2O7S/c1-11(16(19)20)17(12-6-8-14(25-2)9-7-12)26(23,24)15-5-3-4-13(10-15)18(21)22/h3-11H,1-2H3,(H,19,20). The van der Waals surface area contributed by atoms with Crippen LogP contribution < -0.4 is 9.04 Å². The van der Waals surface area contributed by atoms with Gasteiger partial charge in [-0.25, -0.2) is 13.2 Å². The smallest absolute Gasteiger partial charge is 0.327 e. The first-order chi connectivity index (χ1) is 12.2. The monoisotopic (exact) mass is 380 g/mol. The van der Waals surface area contributed by atoms with E-state index in [1.54, 1.807) is 0 Å². The quantitative estimate of drug-likeness (QED) is 0.576. The van der Waals surface area contributed by atoms with Crippen LogP contribution in [-0.2, 0) is 14.8 Å². The molecule has 1 atom stereocenters. The highest BCUT2D eigenvalue weighted by molar-refractivity contribution is 7.93. The van der Waals surface area contributed by atoms with Crippen LogP contribution in [0.4, 0.5) is 11.4 Å². The molecule has 0 saturated heterocycles. The zero-order chi connectivity index (χ0) is 19.5. The summed E-state index contributed by atoms with van der Waals surface area (Å²) >= 11 is 0. The number of carboxylic acids is 1. The van der Waals surface area contributed by atoms with Gasteiger partial charge in [-0.15, -0.1) is 0 Å². The first kappa shape index (κ1) is 19.2. The van der Waals surface area contributed by atoms with E-state index in [1.807, 2.05) is 0 Å². The third-order valence-electron chi connectivity index (χ3n) is 3.62. The molecule has 0 radical (unpaired) electrons. The van der Waals surface area contributed by atoms with Crippen molar-refractivity contribution in [1.29, 1.82) is 0 Å². The molecule has 0 saturated carbocycles. The van der Waals surface area contributed by atoms with Gasteiger partial charge in [-0.05, 0) is 37.3 Å². The third-order valence-corrected chi connectivity index (χ3v) is 5.52. The number of nitrogens with zero attached hydrogens (tertiary/aromatic N) is 2. The predicted molar refractivity (Wildman–Crippen MR) is 92.9 cm³/mol. The van der Waals surface area contributed by atoms with Crippen LogP contribution in [0.3, 0.4) is 0 Å². The Morgan fingerprint density at radius 3 is 2.35 bits per heavy atom. The highest BCUT2D eigenvalue weighted by Crippen LogP contribution is 2.29. The first-order valence-electron chi connectivity index (χ1n) is 7.34. The number of rotatable bonds is 7. The molecule has 2 aromatic carbocycles. The summed E-state index contributed by atoms with van der Waals surface area (Å²) in [7, 11) is -2.93. The molecule has 0 aromatic heterocycles. The van der Waals surface area contributed by atoms with Gasteiger partial charge >= 0.3 is 5.97 Å². The SMILES string of the molecule is COc1ccc(N(C(C)C(=O)O)S(=O)(=O)c2cccc([N+](=O)[O-])c2)cc1. The summed E-state index contributed by atoms with van der Waals surface area (Å²) in [6, 6.07) is 8.76. The van der Waals surface area contributed by atoms with E-state index in [9.17, 15) is 28.4 Å². The first-order valence-corrected chi connectivity index (χ1v) is 8.78. The number of carbonyl (C=O) groups is 1. The molecule has 138 valence electrons. The van der Waals surface area contributed by atoms with Gasteiger partial charge in [-0.2, -0.15) is 0 Å². The number of hydrogen-bond donors (Lipinski definition) is 1. The number of anilines is 1. The van der Waals surface area contributed by atoms with E-state index in [4.69, 9.17) is 4.74 Å². The summed E-state index contributed by atoms with van der Waals surface area (Å²) in [5, 5.41) is 20.3. The number of aliphatic carboxylic acids is 1. The van der Waals surface area contributed by atoms with Crippen molar-refractivity contribution in [2.75, 3.05) is 11.4 Å². The summed E-state index contributed by atoms with van der Waals surface area (Å²) in [6.45, 7) is 1.21. The number of non-ortho nitro benzene ring substituents is 1. The molecule has 0 heterocycles. The van der Waals surface area contributed by atoms with Gasteiger partial charge in [0.15, 0.2) is 0 Å². The summed E-state index contributed by atoms with van der Waals surface area (Å²) in [5.74, 6) is -0.903. The number of sulfonamides is 1. The van der Waals surface area contributed by atoms with Gasteiger partial charge in [0, 0.05) is 12.1 Å². The molecule has 0 bridgehead atoms. The van der Waals surface area contributed by atoms with Crippen molar-refractivity contribution in [2.24, 2.45) is 0 Å². The van der Waals surface area contributed by atoms with Crippen molar-refractivity contribution in [2.45, 2.75) is 17.9 Å². The van der Waals surface area contributed by atoms with Gasteiger partial charge in [-0.3, -0.25) is 14.4 Å². The molecule has 1 N–H and O–H groups in total. The second kappa shape index (κ2) is 7.40. The number of carboxylic acid groups (broad SMARTS) is 1. The van der Waals surface area contributed by atoms with E-state index in [-0.39, 0.29) is 10.6 Å². The molecule has 0 fully saturated rings.